The Kier molecular flexibility index (Phi) is 6.11. The van der Waals surface area contributed by atoms with Gasteiger partial charge in [0.15, 0.2) is 0 Å². The average Bonchev–Trinajstić information content (AvgIpc) is 2.66. The molecule has 0 aliphatic carbocycles. The number of aromatic nitrogens is 2. The zero-order chi connectivity index (χ0) is 11.8. The van der Waals surface area contributed by atoms with Gasteiger partial charge in [0.1, 0.15) is 0 Å². The number of hydrogen-bond acceptors (Lipinski definition) is 3. The molecule has 16 heavy (non-hydrogen) atoms. The number of ether oxygens (including phenoxy) is 1. The number of aryl methyl sites for hydroxylation is 1. The van der Waals surface area contributed by atoms with Crippen LogP contribution in [0.5, 0.6) is 0 Å². The molecule has 4 heteroatoms. The van der Waals surface area contributed by atoms with Gasteiger partial charge in [0, 0.05) is 33.0 Å². The first-order valence-electron chi connectivity index (χ1n) is 5.92. The SMILES string of the molecule is COCCCn1cncc1CNCC(C)C. The highest BCUT2D eigenvalue weighted by molar-refractivity contribution is 4.97. The Bertz CT molecular complexity index is 284. The van der Waals surface area contributed by atoms with E-state index in [0.29, 0.717) is 5.92 Å². The Hall–Kier alpha value is -0.870. The number of imidazole rings is 1. The van der Waals surface area contributed by atoms with Crippen molar-refractivity contribution in [2.75, 3.05) is 20.3 Å². The third kappa shape index (κ3) is 4.77. The molecule has 0 atom stereocenters. The molecule has 0 aliphatic rings. The van der Waals surface area contributed by atoms with Gasteiger partial charge in [-0.3, -0.25) is 0 Å². The highest BCUT2D eigenvalue weighted by Gasteiger charge is 2.01. The van der Waals surface area contributed by atoms with Gasteiger partial charge in [-0.15, -0.1) is 0 Å². The van der Waals surface area contributed by atoms with Gasteiger partial charge in [-0.05, 0) is 18.9 Å². The van der Waals surface area contributed by atoms with E-state index in [9.17, 15) is 0 Å². The molecule has 0 aliphatic heterocycles. The van der Waals surface area contributed by atoms with Crippen LogP contribution in [-0.4, -0.2) is 29.8 Å². The highest BCUT2D eigenvalue weighted by Crippen LogP contribution is 2.01. The largest absolute Gasteiger partial charge is 0.385 e. The summed E-state index contributed by atoms with van der Waals surface area (Å²) >= 11 is 0. The van der Waals surface area contributed by atoms with Crippen LogP contribution in [0.2, 0.25) is 0 Å². The molecule has 1 heterocycles. The smallest absolute Gasteiger partial charge is 0.0948 e. The van der Waals surface area contributed by atoms with Crippen molar-refractivity contribution in [2.24, 2.45) is 5.92 Å². The lowest BCUT2D eigenvalue weighted by atomic mass is 10.2. The van der Waals surface area contributed by atoms with Gasteiger partial charge in [0.25, 0.3) is 0 Å². The van der Waals surface area contributed by atoms with E-state index in [1.54, 1.807) is 7.11 Å². The van der Waals surface area contributed by atoms with Gasteiger partial charge in [-0.2, -0.15) is 0 Å². The number of nitrogens with one attached hydrogen (secondary N) is 1. The van der Waals surface area contributed by atoms with Crippen LogP contribution < -0.4 is 5.32 Å². The van der Waals surface area contributed by atoms with Crippen molar-refractivity contribution in [3.63, 3.8) is 0 Å². The molecule has 1 aromatic rings. The van der Waals surface area contributed by atoms with Crippen molar-refractivity contribution in [3.8, 4) is 0 Å². The molecular formula is C12H23N3O. The zero-order valence-electron chi connectivity index (χ0n) is 10.6. The predicted molar refractivity (Wildman–Crippen MR) is 65.3 cm³/mol. The van der Waals surface area contributed by atoms with Crippen LogP contribution in [0.1, 0.15) is 26.0 Å². The fraction of sp³-hybridized carbons (Fsp3) is 0.750. The fourth-order valence-electron chi connectivity index (χ4n) is 1.56. The molecule has 0 bridgehead atoms. The molecule has 4 nitrogen and oxygen atoms in total. The Morgan fingerprint density at radius 3 is 3.00 bits per heavy atom. The van der Waals surface area contributed by atoms with E-state index in [1.807, 2.05) is 12.5 Å². The molecule has 0 saturated carbocycles. The minimum atomic E-state index is 0.685. The summed E-state index contributed by atoms with van der Waals surface area (Å²) in [7, 11) is 1.74. The van der Waals surface area contributed by atoms with Crippen molar-refractivity contribution in [1.29, 1.82) is 0 Å². The van der Waals surface area contributed by atoms with Gasteiger partial charge in [-0.25, -0.2) is 4.98 Å². The first-order valence-corrected chi connectivity index (χ1v) is 5.92. The maximum atomic E-state index is 5.04. The number of nitrogens with zero attached hydrogens (tertiary/aromatic N) is 2. The number of rotatable bonds is 8. The summed E-state index contributed by atoms with van der Waals surface area (Å²) in [5, 5.41) is 3.43. The number of hydrogen-bond donors (Lipinski definition) is 1. The maximum Gasteiger partial charge on any atom is 0.0948 e. The topological polar surface area (TPSA) is 39.1 Å². The summed E-state index contributed by atoms with van der Waals surface area (Å²) in [5.74, 6) is 0.685. The van der Waals surface area contributed by atoms with E-state index in [1.165, 1.54) is 5.69 Å². The lowest BCUT2D eigenvalue weighted by Gasteiger charge is -2.10. The molecule has 0 amide bonds. The van der Waals surface area contributed by atoms with Crippen LogP contribution in [0.4, 0.5) is 0 Å². The molecule has 0 radical (unpaired) electrons. The molecule has 0 unspecified atom stereocenters. The second-order valence-corrected chi connectivity index (χ2v) is 4.45. The van der Waals surface area contributed by atoms with Gasteiger partial charge < -0.3 is 14.6 Å². The molecule has 0 saturated heterocycles. The Labute approximate surface area is 98.0 Å². The summed E-state index contributed by atoms with van der Waals surface area (Å²) in [6.45, 7) is 8.14. The van der Waals surface area contributed by atoms with Crippen LogP contribution in [0.3, 0.4) is 0 Å². The van der Waals surface area contributed by atoms with E-state index < -0.39 is 0 Å². The zero-order valence-corrected chi connectivity index (χ0v) is 10.6. The highest BCUT2D eigenvalue weighted by atomic mass is 16.5. The molecular weight excluding hydrogens is 202 g/mol. The third-order valence-electron chi connectivity index (χ3n) is 2.40. The van der Waals surface area contributed by atoms with Crippen molar-refractivity contribution in [3.05, 3.63) is 18.2 Å². The van der Waals surface area contributed by atoms with E-state index in [4.69, 9.17) is 4.74 Å². The maximum absolute atomic E-state index is 5.04. The summed E-state index contributed by atoms with van der Waals surface area (Å²) < 4.78 is 7.23. The lowest BCUT2D eigenvalue weighted by Crippen LogP contribution is -2.20. The predicted octanol–water partition coefficient (Wildman–Crippen LogP) is 1.67. The fourth-order valence-corrected chi connectivity index (χ4v) is 1.56. The minimum Gasteiger partial charge on any atom is -0.385 e. The Morgan fingerprint density at radius 2 is 2.31 bits per heavy atom. The second kappa shape index (κ2) is 7.41. The number of methoxy groups -OCH3 is 1. The molecule has 0 spiro atoms. The van der Waals surface area contributed by atoms with Crippen molar-refractivity contribution < 1.29 is 4.74 Å². The van der Waals surface area contributed by atoms with Gasteiger partial charge >= 0.3 is 0 Å². The van der Waals surface area contributed by atoms with E-state index in [0.717, 1.165) is 32.7 Å². The van der Waals surface area contributed by atoms with Gasteiger partial charge in [-0.1, -0.05) is 13.8 Å². The first kappa shape index (κ1) is 13.2. The summed E-state index contributed by atoms with van der Waals surface area (Å²) in [6.07, 6.45) is 4.85. The Balaban J connectivity index is 2.32. The van der Waals surface area contributed by atoms with Crippen molar-refractivity contribution >= 4 is 0 Å². The first-order chi connectivity index (χ1) is 7.74. The van der Waals surface area contributed by atoms with Gasteiger partial charge in [0.2, 0.25) is 0 Å². The summed E-state index contributed by atoms with van der Waals surface area (Å²) in [4.78, 5) is 4.18. The monoisotopic (exact) mass is 225 g/mol. The standard InChI is InChI=1S/C12H23N3O/c1-11(2)7-13-8-12-9-14-10-15(12)5-4-6-16-3/h9-11,13H,4-8H2,1-3H3. The normalized spacial score (nSPS) is 11.2. The Morgan fingerprint density at radius 1 is 1.50 bits per heavy atom. The van der Waals surface area contributed by atoms with Gasteiger partial charge in [0.05, 0.1) is 12.0 Å². The second-order valence-electron chi connectivity index (χ2n) is 4.45. The summed E-state index contributed by atoms with van der Waals surface area (Å²) in [6, 6.07) is 0. The van der Waals surface area contributed by atoms with Crippen LogP contribution in [0.15, 0.2) is 12.5 Å². The van der Waals surface area contributed by atoms with Crippen LogP contribution >= 0.6 is 0 Å². The molecule has 0 aromatic carbocycles. The van der Waals surface area contributed by atoms with Crippen LogP contribution in [0.25, 0.3) is 0 Å². The quantitative estimate of drug-likeness (QED) is 0.684. The molecule has 0 fully saturated rings. The van der Waals surface area contributed by atoms with Crippen molar-refractivity contribution in [1.82, 2.24) is 14.9 Å². The molecule has 1 N–H and O–H groups in total. The van der Waals surface area contributed by atoms with Crippen LogP contribution in [-0.2, 0) is 17.8 Å². The van der Waals surface area contributed by atoms with Crippen LogP contribution in [0, 0.1) is 5.92 Å². The molecule has 92 valence electrons. The summed E-state index contributed by atoms with van der Waals surface area (Å²) in [5.41, 5.74) is 1.25. The average molecular weight is 225 g/mol. The molecule has 1 aromatic heterocycles. The lowest BCUT2D eigenvalue weighted by molar-refractivity contribution is 0.190. The van der Waals surface area contributed by atoms with E-state index in [-0.39, 0.29) is 0 Å². The van der Waals surface area contributed by atoms with Crippen molar-refractivity contribution in [2.45, 2.75) is 33.4 Å². The van der Waals surface area contributed by atoms with E-state index in [2.05, 4.69) is 28.7 Å². The van der Waals surface area contributed by atoms with E-state index >= 15 is 0 Å². The minimum absolute atomic E-state index is 0.685. The third-order valence-corrected chi connectivity index (χ3v) is 2.40. The molecule has 1 rings (SSSR count).